The Morgan fingerprint density at radius 3 is 2.36 bits per heavy atom. The van der Waals surface area contributed by atoms with Crippen molar-refractivity contribution in [3.8, 4) is 11.1 Å². The number of aliphatic imine (C=N–C) groups is 1. The van der Waals surface area contributed by atoms with E-state index >= 15 is 0 Å². The Labute approximate surface area is 339 Å². The van der Waals surface area contributed by atoms with Gasteiger partial charge in [0, 0.05) is 44.0 Å². The molecule has 0 bridgehead atoms. The lowest BCUT2D eigenvalue weighted by atomic mass is 10.0. The smallest absolute Gasteiger partial charge is 0.323 e. The average Bonchev–Trinajstić information content (AvgIpc) is 3.22. The number of anilines is 1. The highest BCUT2D eigenvalue weighted by atomic mass is 16.3. The molecule has 22 heteroatoms. The summed E-state index contributed by atoms with van der Waals surface area (Å²) in [5.74, 6) is -5.60. The molecule has 8 amide bonds. The van der Waals surface area contributed by atoms with Gasteiger partial charge in [0.2, 0.25) is 29.5 Å². The number of hydrogen-bond donors (Lipinski definition) is 14. The van der Waals surface area contributed by atoms with Crippen LogP contribution in [-0.4, -0.2) is 122 Å². The van der Waals surface area contributed by atoms with Crippen LogP contribution in [0, 0.1) is 0 Å². The summed E-state index contributed by atoms with van der Waals surface area (Å²) in [5.41, 5.74) is 24.9. The number of carbonyl (C=O) groups excluding carboxylic acids is 7. The fraction of sp³-hybridized carbons (Fsp3) is 0.405. The molecule has 1 saturated heterocycles. The lowest BCUT2D eigenvalue weighted by Gasteiger charge is -2.31. The van der Waals surface area contributed by atoms with Crippen molar-refractivity contribution in [3.05, 3.63) is 66.5 Å². The predicted octanol–water partition coefficient (Wildman–Crippen LogP) is -4.41. The standard InChI is InChI=1S/C37H52N14O8/c38-12-5-9-22(39)15-29(53)43-17-26-32(55)47-27(18-45-37(59)46-23-10-4-8-21(14-23)20-6-2-1-3-7-20)33(56)51-30(25-11-13-42-36(41)50-25)35(58)44-16-24(40)31(54)49-28(19-52)34(57)48-26/h1-4,6-8,10,14,18,22,24-26,28,30,52H,5,9,11-13,15-17,19,38-40H2,(H,43,53)(H,44,58)(H,47,55)(H,48,57)(H,49,54)(H,51,56)(H3,41,42,50)(H2,45,46,59)/b27-18-/t22-,24?,25?,26-,28-,30-/m0/s1. The van der Waals surface area contributed by atoms with Crippen molar-refractivity contribution in [3.63, 3.8) is 0 Å². The second-order valence-corrected chi connectivity index (χ2v) is 13.7. The van der Waals surface area contributed by atoms with Crippen molar-refractivity contribution in [2.45, 2.75) is 61.9 Å². The normalized spacial score (nSPS) is 23.2. The zero-order valence-corrected chi connectivity index (χ0v) is 32.2. The van der Waals surface area contributed by atoms with Crippen LogP contribution >= 0.6 is 0 Å². The highest BCUT2D eigenvalue weighted by Gasteiger charge is 2.35. The summed E-state index contributed by atoms with van der Waals surface area (Å²) in [6.45, 7) is -1.41. The van der Waals surface area contributed by atoms with Crippen molar-refractivity contribution in [2.24, 2.45) is 27.9 Å². The van der Waals surface area contributed by atoms with E-state index in [-0.39, 0.29) is 25.3 Å². The number of nitrogens with one attached hydrogen (secondary N) is 9. The van der Waals surface area contributed by atoms with Gasteiger partial charge in [0.15, 0.2) is 5.96 Å². The van der Waals surface area contributed by atoms with Crippen LogP contribution in [0.25, 0.3) is 11.1 Å². The van der Waals surface area contributed by atoms with E-state index in [0.29, 0.717) is 25.1 Å². The number of urea groups is 1. The molecule has 2 aromatic carbocycles. The third kappa shape index (κ3) is 14.1. The second kappa shape index (κ2) is 22.4. The molecule has 2 heterocycles. The summed E-state index contributed by atoms with van der Waals surface area (Å²) >= 11 is 0. The van der Waals surface area contributed by atoms with Crippen molar-refractivity contribution >= 4 is 53.1 Å². The molecule has 22 nitrogen and oxygen atoms in total. The topological polar surface area (TPSA) is 364 Å². The highest BCUT2D eigenvalue weighted by molar-refractivity contribution is 6.03. The second-order valence-electron chi connectivity index (χ2n) is 13.7. The lowest BCUT2D eigenvalue weighted by Crippen LogP contribution is -2.64. The van der Waals surface area contributed by atoms with Gasteiger partial charge in [0.1, 0.15) is 29.9 Å². The zero-order valence-electron chi connectivity index (χ0n) is 32.2. The Morgan fingerprint density at radius 1 is 0.915 bits per heavy atom. The molecule has 318 valence electrons. The van der Waals surface area contributed by atoms with Crippen LogP contribution in [0.1, 0.15) is 25.7 Å². The maximum Gasteiger partial charge on any atom is 0.323 e. The van der Waals surface area contributed by atoms with Crippen LogP contribution in [0.3, 0.4) is 0 Å². The minimum Gasteiger partial charge on any atom is -0.394 e. The average molecular weight is 821 g/mol. The molecule has 6 atom stereocenters. The Balaban J connectivity index is 1.66. The highest BCUT2D eigenvalue weighted by Crippen LogP contribution is 2.22. The molecule has 0 radical (unpaired) electrons. The van der Waals surface area contributed by atoms with Gasteiger partial charge in [-0.2, -0.15) is 0 Å². The van der Waals surface area contributed by atoms with Gasteiger partial charge in [-0.05, 0) is 49.1 Å². The van der Waals surface area contributed by atoms with Crippen LogP contribution in [0.2, 0.25) is 0 Å². The van der Waals surface area contributed by atoms with E-state index in [1.165, 1.54) is 0 Å². The van der Waals surface area contributed by atoms with Crippen LogP contribution in [0.5, 0.6) is 0 Å². The SMILES string of the molecule is NCCC[C@H](N)CC(=O)NC[C@@H]1NC(=O)[C@H](CO)NC(=O)C(N)CNC(=O)[C@H](C2CCN=C(N)N2)NC(=O)/C(=C/NC(=O)Nc2cccc(-c3ccccc3)c2)NC1=O. The molecule has 59 heavy (non-hydrogen) atoms. The van der Waals surface area contributed by atoms with Gasteiger partial charge >= 0.3 is 6.03 Å². The number of nitrogens with two attached hydrogens (primary N) is 4. The van der Waals surface area contributed by atoms with E-state index < -0.39 is 103 Å². The molecule has 2 aromatic rings. The Morgan fingerprint density at radius 2 is 1.64 bits per heavy atom. The fourth-order valence-electron chi connectivity index (χ4n) is 5.92. The van der Waals surface area contributed by atoms with E-state index in [1.807, 2.05) is 36.4 Å². The number of guanidine groups is 1. The number of carbonyl (C=O) groups is 7. The fourth-order valence-corrected chi connectivity index (χ4v) is 5.92. The first-order valence-corrected chi connectivity index (χ1v) is 18.9. The number of nitrogens with zero attached hydrogens (tertiary/aromatic N) is 1. The number of amides is 8. The van der Waals surface area contributed by atoms with Crippen molar-refractivity contribution in [1.82, 2.24) is 42.5 Å². The molecule has 1 fully saturated rings. The first-order chi connectivity index (χ1) is 28.3. The van der Waals surface area contributed by atoms with Gasteiger partial charge in [-0.3, -0.25) is 33.8 Å². The zero-order chi connectivity index (χ0) is 42.9. The summed E-state index contributed by atoms with van der Waals surface area (Å²) < 4.78 is 0. The van der Waals surface area contributed by atoms with Crippen molar-refractivity contribution < 1.29 is 38.7 Å². The van der Waals surface area contributed by atoms with Gasteiger partial charge in [-0.15, -0.1) is 0 Å². The van der Waals surface area contributed by atoms with Crippen molar-refractivity contribution in [2.75, 3.05) is 38.1 Å². The maximum atomic E-state index is 14.0. The van der Waals surface area contributed by atoms with E-state index in [1.54, 1.807) is 18.2 Å². The summed E-state index contributed by atoms with van der Waals surface area (Å²) in [6, 6.07) is 7.95. The Bertz CT molecular complexity index is 1890. The number of rotatable bonds is 12. The minimum atomic E-state index is -1.65. The van der Waals surface area contributed by atoms with Crippen LogP contribution < -0.4 is 70.8 Å². The van der Waals surface area contributed by atoms with E-state index in [0.717, 1.165) is 17.3 Å². The quantitative estimate of drug-likeness (QED) is 0.0901. The van der Waals surface area contributed by atoms with Gasteiger partial charge in [-0.25, -0.2) is 4.79 Å². The molecule has 2 aliphatic heterocycles. The molecule has 0 spiro atoms. The molecule has 0 saturated carbocycles. The molecular formula is C37H52N14O8. The lowest BCUT2D eigenvalue weighted by molar-refractivity contribution is -0.134. The third-order valence-corrected chi connectivity index (χ3v) is 9.12. The summed E-state index contributed by atoms with van der Waals surface area (Å²) in [5, 5.41) is 32.4. The monoisotopic (exact) mass is 820 g/mol. The minimum absolute atomic E-state index is 0.0127. The van der Waals surface area contributed by atoms with Crippen LogP contribution in [-0.2, 0) is 28.8 Å². The number of hydrogen-bond acceptors (Lipinski definition) is 14. The van der Waals surface area contributed by atoms with E-state index in [4.69, 9.17) is 22.9 Å². The van der Waals surface area contributed by atoms with E-state index in [2.05, 4.69) is 52.8 Å². The summed E-state index contributed by atoms with van der Waals surface area (Å²) in [7, 11) is 0. The number of aliphatic hydroxyl groups excluding tert-OH is 1. The Kier molecular flexibility index (Phi) is 17.1. The van der Waals surface area contributed by atoms with Crippen molar-refractivity contribution in [1.29, 1.82) is 0 Å². The molecule has 18 N–H and O–H groups in total. The third-order valence-electron chi connectivity index (χ3n) is 9.12. The Hall–Kier alpha value is -6.62. The van der Waals surface area contributed by atoms with Gasteiger partial charge < -0.3 is 75.9 Å². The largest absolute Gasteiger partial charge is 0.394 e. The maximum absolute atomic E-state index is 14.0. The number of benzene rings is 2. The van der Waals surface area contributed by atoms with Gasteiger partial charge in [0.05, 0.1) is 12.6 Å². The van der Waals surface area contributed by atoms with E-state index in [9.17, 15) is 38.7 Å². The van der Waals surface area contributed by atoms with Crippen LogP contribution in [0.4, 0.5) is 10.5 Å². The predicted molar refractivity (Wildman–Crippen MR) is 216 cm³/mol. The first kappa shape index (κ1) is 45.1. The summed E-state index contributed by atoms with van der Waals surface area (Å²) in [6.07, 6.45) is 1.94. The first-order valence-electron chi connectivity index (χ1n) is 18.9. The van der Waals surface area contributed by atoms with Gasteiger partial charge in [0.25, 0.3) is 5.91 Å². The molecular weight excluding hydrogens is 768 g/mol. The molecule has 0 aromatic heterocycles. The molecule has 2 aliphatic rings. The molecule has 4 rings (SSSR count). The molecule has 2 unspecified atom stereocenters. The summed E-state index contributed by atoms with van der Waals surface area (Å²) in [4.78, 5) is 97.8. The number of aliphatic hydroxyl groups is 1. The van der Waals surface area contributed by atoms with Gasteiger partial charge in [-0.1, -0.05) is 42.5 Å². The van der Waals surface area contributed by atoms with Crippen LogP contribution in [0.15, 0.2) is 71.5 Å². The molecule has 0 aliphatic carbocycles.